The van der Waals surface area contributed by atoms with Crippen LogP contribution in [0.2, 0.25) is 0 Å². The van der Waals surface area contributed by atoms with Crippen LogP contribution in [0.4, 0.5) is 5.95 Å². The first-order valence-corrected chi connectivity index (χ1v) is 6.10. The van der Waals surface area contributed by atoms with Crippen molar-refractivity contribution in [1.82, 2.24) is 24.9 Å². The van der Waals surface area contributed by atoms with E-state index in [0.717, 1.165) is 5.56 Å². The summed E-state index contributed by atoms with van der Waals surface area (Å²) < 4.78 is 5.19. The van der Waals surface area contributed by atoms with Gasteiger partial charge in [-0.05, 0) is 31.2 Å². The van der Waals surface area contributed by atoms with E-state index in [-0.39, 0.29) is 12.0 Å². The van der Waals surface area contributed by atoms with Crippen LogP contribution < -0.4 is 10.5 Å². The standard InChI is InChI=1S/C10H12N6OS/c1-3-17-8-14-7(11)15-10(16-8)18-9-12-4-6(2)5-13-9/h4-5H,3H2,1-2H3,(H2,11,14,15,16). The molecule has 0 aliphatic carbocycles. The minimum Gasteiger partial charge on any atom is -0.464 e. The first kappa shape index (κ1) is 12.5. The third-order valence-corrected chi connectivity index (χ3v) is 2.58. The first-order chi connectivity index (χ1) is 8.67. The molecule has 94 valence electrons. The third-order valence-electron chi connectivity index (χ3n) is 1.82. The first-order valence-electron chi connectivity index (χ1n) is 5.28. The summed E-state index contributed by atoms with van der Waals surface area (Å²) in [5.74, 6) is 0.114. The van der Waals surface area contributed by atoms with Crippen molar-refractivity contribution in [3.8, 4) is 6.01 Å². The predicted octanol–water partition coefficient (Wildman–Crippen LogP) is 1.10. The minimum absolute atomic E-state index is 0.114. The lowest BCUT2D eigenvalue weighted by atomic mass is 10.4. The number of aromatic nitrogens is 5. The fourth-order valence-electron chi connectivity index (χ4n) is 1.11. The summed E-state index contributed by atoms with van der Waals surface area (Å²) in [7, 11) is 0. The minimum atomic E-state index is 0.114. The molecule has 8 heteroatoms. The number of ether oxygens (including phenoxy) is 1. The van der Waals surface area contributed by atoms with E-state index in [2.05, 4.69) is 24.9 Å². The Bertz CT molecular complexity index is 532. The van der Waals surface area contributed by atoms with E-state index < -0.39 is 0 Å². The summed E-state index contributed by atoms with van der Waals surface area (Å²) in [6.45, 7) is 4.23. The molecule has 2 aromatic heterocycles. The highest BCUT2D eigenvalue weighted by atomic mass is 32.2. The van der Waals surface area contributed by atoms with Crippen LogP contribution in [-0.4, -0.2) is 31.5 Å². The van der Waals surface area contributed by atoms with Crippen LogP contribution in [0.1, 0.15) is 12.5 Å². The Labute approximate surface area is 108 Å². The van der Waals surface area contributed by atoms with Crippen LogP contribution in [0.25, 0.3) is 0 Å². The maximum Gasteiger partial charge on any atom is 0.322 e. The molecular weight excluding hydrogens is 252 g/mol. The summed E-state index contributed by atoms with van der Waals surface area (Å²) >= 11 is 1.21. The molecule has 0 atom stereocenters. The van der Waals surface area contributed by atoms with Gasteiger partial charge in [0.25, 0.3) is 0 Å². The second-order valence-electron chi connectivity index (χ2n) is 3.34. The number of nitrogens with zero attached hydrogens (tertiary/aromatic N) is 5. The van der Waals surface area contributed by atoms with Crippen LogP contribution in [-0.2, 0) is 0 Å². The number of nitrogens with two attached hydrogens (primary N) is 1. The van der Waals surface area contributed by atoms with E-state index in [1.165, 1.54) is 11.8 Å². The van der Waals surface area contributed by atoms with Gasteiger partial charge in [-0.2, -0.15) is 15.0 Å². The number of rotatable bonds is 4. The molecule has 0 bridgehead atoms. The summed E-state index contributed by atoms with van der Waals surface area (Å²) in [5.41, 5.74) is 6.56. The van der Waals surface area contributed by atoms with E-state index in [1.54, 1.807) is 12.4 Å². The van der Waals surface area contributed by atoms with Crippen LogP contribution in [0.5, 0.6) is 6.01 Å². The Morgan fingerprint density at radius 3 is 2.56 bits per heavy atom. The van der Waals surface area contributed by atoms with Crippen molar-refractivity contribution >= 4 is 17.7 Å². The van der Waals surface area contributed by atoms with Crippen LogP contribution in [0.3, 0.4) is 0 Å². The van der Waals surface area contributed by atoms with Crippen molar-refractivity contribution in [3.05, 3.63) is 18.0 Å². The SMILES string of the molecule is CCOc1nc(N)nc(Sc2ncc(C)cn2)n1. The van der Waals surface area contributed by atoms with Crippen molar-refractivity contribution in [2.45, 2.75) is 24.2 Å². The molecule has 0 fully saturated rings. The van der Waals surface area contributed by atoms with Gasteiger partial charge in [-0.1, -0.05) is 0 Å². The van der Waals surface area contributed by atoms with Gasteiger partial charge in [-0.25, -0.2) is 9.97 Å². The van der Waals surface area contributed by atoms with Crippen molar-refractivity contribution in [1.29, 1.82) is 0 Å². The molecule has 7 nitrogen and oxygen atoms in total. The molecule has 0 saturated heterocycles. The lowest BCUT2D eigenvalue weighted by molar-refractivity contribution is 0.308. The lowest BCUT2D eigenvalue weighted by Gasteiger charge is -2.03. The van der Waals surface area contributed by atoms with Crippen LogP contribution >= 0.6 is 11.8 Å². The Balaban J connectivity index is 2.20. The molecule has 2 heterocycles. The fraction of sp³-hybridized carbons (Fsp3) is 0.300. The molecule has 18 heavy (non-hydrogen) atoms. The number of hydrogen-bond donors (Lipinski definition) is 1. The number of aryl methyl sites for hydroxylation is 1. The van der Waals surface area contributed by atoms with Crippen molar-refractivity contribution in [2.24, 2.45) is 0 Å². The normalized spacial score (nSPS) is 10.3. The molecule has 0 saturated carbocycles. The van der Waals surface area contributed by atoms with Crippen LogP contribution in [0, 0.1) is 6.92 Å². The molecule has 0 aliphatic rings. The van der Waals surface area contributed by atoms with E-state index in [1.807, 2.05) is 13.8 Å². The maximum absolute atomic E-state index is 5.57. The fourth-order valence-corrected chi connectivity index (χ4v) is 1.74. The monoisotopic (exact) mass is 264 g/mol. The Morgan fingerprint density at radius 2 is 1.89 bits per heavy atom. The summed E-state index contributed by atoms with van der Waals surface area (Å²) in [4.78, 5) is 20.2. The number of hydrogen-bond acceptors (Lipinski definition) is 8. The van der Waals surface area contributed by atoms with Gasteiger partial charge in [0.2, 0.25) is 11.1 Å². The molecule has 0 aliphatic heterocycles. The second kappa shape index (κ2) is 5.58. The van der Waals surface area contributed by atoms with Gasteiger partial charge >= 0.3 is 6.01 Å². The third kappa shape index (κ3) is 3.27. The van der Waals surface area contributed by atoms with Gasteiger partial charge in [-0.15, -0.1) is 0 Å². The highest BCUT2D eigenvalue weighted by Gasteiger charge is 2.08. The maximum atomic E-state index is 5.57. The van der Waals surface area contributed by atoms with Crippen molar-refractivity contribution in [2.75, 3.05) is 12.3 Å². The van der Waals surface area contributed by atoms with E-state index in [9.17, 15) is 0 Å². The average Bonchev–Trinajstić information content (AvgIpc) is 2.32. The number of anilines is 1. The summed E-state index contributed by atoms with van der Waals surface area (Å²) in [5, 5.41) is 0.962. The molecule has 0 unspecified atom stereocenters. The molecule has 0 radical (unpaired) electrons. The zero-order valence-corrected chi connectivity index (χ0v) is 10.8. The molecule has 2 N–H and O–H groups in total. The van der Waals surface area contributed by atoms with Crippen molar-refractivity contribution < 1.29 is 4.74 Å². The molecule has 2 rings (SSSR count). The quantitative estimate of drug-likeness (QED) is 0.819. The largest absolute Gasteiger partial charge is 0.464 e. The molecule has 0 amide bonds. The summed E-state index contributed by atoms with van der Waals surface area (Å²) in [6.07, 6.45) is 3.45. The highest BCUT2D eigenvalue weighted by Crippen LogP contribution is 2.22. The van der Waals surface area contributed by atoms with Gasteiger partial charge in [0.15, 0.2) is 5.16 Å². The molecular formula is C10H12N6OS. The van der Waals surface area contributed by atoms with Gasteiger partial charge < -0.3 is 10.5 Å². The Kier molecular flexibility index (Phi) is 3.88. The average molecular weight is 264 g/mol. The molecule has 0 aromatic carbocycles. The Hall–Kier alpha value is -1.96. The van der Waals surface area contributed by atoms with Crippen molar-refractivity contribution in [3.63, 3.8) is 0 Å². The lowest BCUT2D eigenvalue weighted by Crippen LogP contribution is -2.04. The highest BCUT2D eigenvalue weighted by molar-refractivity contribution is 7.99. The van der Waals surface area contributed by atoms with Crippen LogP contribution in [0.15, 0.2) is 22.7 Å². The van der Waals surface area contributed by atoms with Gasteiger partial charge in [0, 0.05) is 12.4 Å². The smallest absolute Gasteiger partial charge is 0.322 e. The van der Waals surface area contributed by atoms with Gasteiger partial charge in [0.1, 0.15) is 0 Å². The predicted molar refractivity (Wildman–Crippen MR) is 66.3 cm³/mol. The Morgan fingerprint density at radius 1 is 1.17 bits per heavy atom. The second-order valence-corrected chi connectivity index (χ2v) is 4.27. The van der Waals surface area contributed by atoms with E-state index in [0.29, 0.717) is 16.9 Å². The zero-order valence-electron chi connectivity index (χ0n) is 9.99. The zero-order chi connectivity index (χ0) is 13.0. The van der Waals surface area contributed by atoms with Gasteiger partial charge in [-0.3, -0.25) is 0 Å². The summed E-state index contributed by atoms with van der Waals surface area (Å²) in [6, 6.07) is 0.208. The molecule has 2 aromatic rings. The van der Waals surface area contributed by atoms with Gasteiger partial charge in [0.05, 0.1) is 6.61 Å². The van der Waals surface area contributed by atoms with E-state index >= 15 is 0 Å². The topological polar surface area (TPSA) is 99.7 Å². The number of nitrogen functional groups attached to an aromatic ring is 1. The van der Waals surface area contributed by atoms with E-state index in [4.69, 9.17) is 10.5 Å². The molecule has 0 spiro atoms.